The number of rotatable bonds is 2. The molecular formula is C15H25B. The Morgan fingerprint density at radius 2 is 1.56 bits per heavy atom. The Balaban J connectivity index is 1.62. The van der Waals surface area contributed by atoms with Gasteiger partial charge in [0, 0.05) is 0 Å². The highest BCUT2D eigenvalue weighted by atomic mass is 14.3. The lowest BCUT2D eigenvalue weighted by Crippen LogP contribution is -2.36. The summed E-state index contributed by atoms with van der Waals surface area (Å²) in [6.45, 7) is 1.12. The summed E-state index contributed by atoms with van der Waals surface area (Å²) in [5.41, 5.74) is 0. The molecule has 2 aliphatic heterocycles. The molecule has 1 unspecified atom stereocenters. The molecule has 0 saturated carbocycles. The second kappa shape index (κ2) is 4.98. The Labute approximate surface area is 101 Å². The predicted molar refractivity (Wildman–Crippen MR) is 72.2 cm³/mol. The molecule has 0 amide bonds. The molecule has 0 nitrogen and oxygen atoms in total. The lowest BCUT2D eigenvalue weighted by atomic mass is 9.25. The van der Waals surface area contributed by atoms with E-state index in [4.69, 9.17) is 0 Å². The fourth-order valence-electron chi connectivity index (χ4n) is 4.65. The highest BCUT2D eigenvalue weighted by Gasteiger charge is 2.39. The standard InChI is InChI=1S/C15H25B/c1-2-6-13(7-3-1)12-16-14-8-4-9-15(16)11-5-10-14/h1-2,13-15H,3-12H2. The molecule has 0 spiro atoms. The van der Waals surface area contributed by atoms with Gasteiger partial charge in [-0.2, -0.15) is 0 Å². The van der Waals surface area contributed by atoms with Crippen LogP contribution in [0, 0.1) is 5.92 Å². The molecule has 0 radical (unpaired) electrons. The van der Waals surface area contributed by atoms with Gasteiger partial charge in [0.25, 0.3) is 0 Å². The molecule has 16 heavy (non-hydrogen) atoms. The molecule has 1 atom stereocenters. The number of hydrogen-bond donors (Lipinski definition) is 0. The largest absolute Gasteiger partial charge is 0.146 e. The Hall–Kier alpha value is -0.195. The fourth-order valence-corrected chi connectivity index (χ4v) is 4.65. The zero-order chi connectivity index (χ0) is 10.8. The second-order valence-electron chi connectivity index (χ2n) is 6.43. The topological polar surface area (TPSA) is 0 Å². The number of allylic oxidation sites excluding steroid dienone is 2. The van der Waals surface area contributed by atoms with Crippen LogP contribution in [0.25, 0.3) is 0 Å². The average molecular weight is 216 g/mol. The second-order valence-corrected chi connectivity index (χ2v) is 6.43. The summed E-state index contributed by atoms with van der Waals surface area (Å²) < 4.78 is 0. The number of hydrogen-bond acceptors (Lipinski definition) is 0. The van der Waals surface area contributed by atoms with Crippen LogP contribution in [-0.4, -0.2) is 6.71 Å². The van der Waals surface area contributed by atoms with Crippen molar-refractivity contribution in [2.75, 3.05) is 0 Å². The lowest BCUT2D eigenvalue weighted by Gasteiger charge is -2.42. The Kier molecular flexibility index (Phi) is 3.40. The van der Waals surface area contributed by atoms with Gasteiger partial charge in [0.2, 0.25) is 0 Å². The van der Waals surface area contributed by atoms with Crippen molar-refractivity contribution in [2.24, 2.45) is 5.92 Å². The third-order valence-corrected chi connectivity index (χ3v) is 5.49. The first-order valence-electron chi connectivity index (χ1n) is 7.58. The van der Waals surface area contributed by atoms with Crippen molar-refractivity contribution in [2.45, 2.75) is 75.7 Å². The quantitative estimate of drug-likeness (QED) is 0.452. The molecule has 2 bridgehead atoms. The molecule has 0 aromatic carbocycles. The van der Waals surface area contributed by atoms with Crippen LogP contribution in [0.4, 0.5) is 0 Å². The van der Waals surface area contributed by atoms with Crippen LogP contribution >= 0.6 is 0 Å². The maximum absolute atomic E-state index is 2.44. The monoisotopic (exact) mass is 216 g/mol. The molecule has 3 rings (SSSR count). The maximum Gasteiger partial charge on any atom is 0.146 e. The van der Waals surface area contributed by atoms with Crippen molar-refractivity contribution in [3.63, 3.8) is 0 Å². The summed E-state index contributed by atoms with van der Waals surface area (Å²) in [5, 5.41) is 0. The molecule has 2 heterocycles. The molecule has 0 aromatic rings. The Morgan fingerprint density at radius 1 is 0.875 bits per heavy atom. The van der Waals surface area contributed by atoms with Gasteiger partial charge in [-0.1, -0.05) is 68.6 Å². The maximum atomic E-state index is 2.44. The summed E-state index contributed by atoms with van der Waals surface area (Å²) in [5.74, 6) is 3.29. The SMILES string of the molecule is C1=CCC(CB2C3CCCC2CCC3)CC1. The van der Waals surface area contributed by atoms with Crippen molar-refractivity contribution in [1.29, 1.82) is 0 Å². The van der Waals surface area contributed by atoms with E-state index < -0.39 is 0 Å². The van der Waals surface area contributed by atoms with E-state index in [2.05, 4.69) is 12.2 Å². The summed E-state index contributed by atoms with van der Waals surface area (Å²) in [6, 6.07) is 0. The van der Waals surface area contributed by atoms with E-state index in [0.29, 0.717) is 0 Å². The van der Waals surface area contributed by atoms with E-state index in [1.165, 1.54) is 32.1 Å². The highest BCUT2D eigenvalue weighted by Crippen LogP contribution is 2.49. The van der Waals surface area contributed by atoms with Gasteiger partial charge in [0.05, 0.1) is 0 Å². The van der Waals surface area contributed by atoms with Crippen LogP contribution in [-0.2, 0) is 0 Å². The van der Waals surface area contributed by atoms with Crippen molar-refractivity contribution < 1.29 is 0 Å². The summed E-state index contributed by atoms with van der Waals surface area (Å²) in [7, 11) is 0. The molecule has 1 aliphatic carbocycles. The Morgan fingerprint density at radius 3 is 2.12 bits per heavy atom. The normalized spacial score (nSPS) is 38.8. The van der Waals surface area contributed by atoms with Crippen LogP contribution < -0.4 is 0 Å². The molecule has 2 fully saturated rings. The zero-order valence-corrected chi connectivity index (χ0v) is 10.5. The van der Waals surface area contributed by atoms with E-state index in [-0.39, 0.29) is 0 Å². The molecule has 3 aliphatic rings. The van der Waals surface area contributed by atoms with E-state index in [1.807, 2.05) is 0 Å². The zero-order valence-electron chi connectivity index (χ0n) is 10.5. The minimum atomic E-state index is 1.04. The van der Waals surface area contributed by atoms with Crippen LogP contribution in [0.3, 0.4) is 0 Å². The van der Waals surface area contributed by atoms with Gasteiger partial charge < -0.3 is 0 Å². The first-order valence-corrected chi connectivity index (χ1v) is 7.58. The Bertz CT molecular complexity index is 236. The summed E-state index contributed by atoms with van der Waals surface area (Å²) in [4.78, 5) is 0. The van der Waals surface area contributed by atoms with Gasteiger partial charge in [0.1, 0.15) is 6.71 Å². The van der Waals surface area contributed by atoms with Crippen molar-refractivity contribution in [3.05, 3.63) is 12.2 Å². The minimum absolute atomic E-state index is 1.04. The fraction of sp³-hybridized carbons (Fsp3) is 0.867. The van der Waals surface area contributed by atoms with Gasteiger partial charge in [-0.05, 0) is 25.2 Å². The van der Waals surface area contributed by atoms with E-state index in [9.17, 15) is 0 Å². The van der Waals surface area contributed by atoms with Crippen LogP contribution in [0.15, 0.2) is 12.2 Å². The van der Waals surface area contributed by atoms with Gasteiger partial charge in [-0.15, -0.1) is 0 Å². The molecule has 0 aromatic heterocycles. The molecular weight excluding hydrogens is 191 g/mol. The average Bonchev–Trinajstić information content (AvgIpc) is 2.30. The van der Waals surface area contributed by atoms with Crippen LogP contribution in [0.5, 0.6) is 0 Å². The molecule has 2 saturated heterocycles. The first-order chi connectivity index (χ1) is 7.93. The molecule has 88 valence electrons. The smallest absolute Gasteiger partial charge is 0.0885 e. The van der Waals surface area contributed by atoms with Gasteiger partial charge >= 0.3 is 0 Å². The van der Waals surface area contributed by atoms with Crippen molar-refractivity contribution in [3.8, 4) is 0 Å². The van der Waals surface area contributed by atoms with E-state index in [0.717, 1.165) is 24.3 Å². The first kappa shape index (κ1) is 10.9. The third kappa shape index (κ3) is 2.24. The minimum Gasteiger partial charge on any atom is -0.0885 e. The summed E-state index contributed by atoms with van der Waals surface area (Å²) in [6.07, 6.45) is 19.9. The number of fused-ring (bicyclic) bond motifs is 2. The van der Waals surface area contributed by atoms with Gasteiger partial charge in [-0.25, -0.2) is 0 Å². The molecule has 1 heteroatoms. The predicted octanol–water partition coefficient (Wildman–Crippen LogP) is 4.95. The summed E-state index contributed by atoms with van der Waals surface area (Å²) >= 11 is 0. The van der Waals surface area contributed by atoms with Gasteiger partial charge in [-0.3, -0.25) is 0 Å². The van der Waals surface area contributed by atoms with Crippen LogP contribution in [0.1, 0.15) is 57.8 Å². The van der Waals surface area contributed by atoms with Crippen LogP contribution in [0.2, 0.25) is 18.0 Å². The van der Waals surface area contributed by atoms with Gasteiger partial charge in [0.15, 0.2) is 0 Å². The van der Waals surface area contributed by atoms with E-state index >= 15 is 0 Å². The molecule has 0 N–H and O–H groups in total. The van der Waals surface area contributed by atoms with E-state index in [1.54, 1.807) is 32.0 Å². The van der Waals surface area contributed by atoms with Crippen molar-refractivity contribution >= 4 is 6.71 Å². The third-order valence-electron chi connectivity index (χ3n) is 5.49. The highest BCUT2D eigenvalue weighted by molar-refractivity contribution is 6.62. The lowest BCUT2D eigenvalue weighted by molar-refractivity contribution is 0.426. The van der Waals surface area contributed by atoms with Crippen molar-refractivity contribution in [1.82, 2.24) is 0 Å².